The molecule has 1 aromatic rings. The van der Waals surface area contributed by atoms with E-state index in [1.165, 1.54) is 23.5 Å². The Labute approximate surface area is 89.5 Å². The van der Waals surface area contributed by atoms with Gasteiger partial charge in [0.25, 0.3) is 0 Å². The first-order valence-electron chi connectivity index (χ1n) is 5.30. The molecule has 0 amide bonds. The maximum atomic E-state index is 6.06. The average Bonchev–Trinajstić information content (AvgIpc) is 2.61. The molecule has 1 aliphatic carbocycles. The minimum atomic E-state index is 0.104. The van der Waals surface area contributed by atoms with E-state index in [1.54, 1.807) is 11.3 Å². The van der Waals surface area contributed by atoms with Gasteiger partial charge in [-0.25, -0.2) is 4.98 Å². The molecular formula is C11H18N2S. The minimum absolute atomic E-state index is 0.104. The fourth-order valence-electron chi connectivity index (χ4n) is 1.58. The Balaban J connectivity index is 1.95. The third kappa shape index (κ3) is 2.55. The quantitative estimate of drug-likeness (QED) is 0.828. The highest BCUT2D eigenvalue weighted by Crippen LogP contribution is 2.36. The van der Waals surface area contributed by atoms with Gasteiger partial charge in [-0.1, -0.05) is 13.8 Å². The molecule has 0 aromatic carbocycles. The van der Waals surface area contributed by atoms with Gasteiger partial charge in [0.15, 0.2) is 0 Å². The number of hydrogen-bond acceptors (Lipinski definition) is 3. The summed E-state index contributed by atoms with van der Waals surface area (Å²) in [5.41, 5.74) is 7.40. The maximum absolute atomic E-state index is 6.06. The molecule has 14 heavy (non-hydrogen) atoms. The van der Waals surface area contributed by atoms with E-state index in [-0.39, 0.29) is 5.54 Å². The van der Waals surface area contributed by atoms with Gasteiger partial charge in [0.1, 0.15) is 0 Å². The summed E-state index contributed by atoms with van der Waals surface area (Å²) in [4.78, 5) is 4.61. The van der Waals surface area contributed by atoms with E-state index in [2.05, 4.69) is 24.2 Å². The zero-order valence-electron chi connectivity index (χ0n) is 8.92. The van der Waals surface area contributed by atoms with Crippen molar-refractivity contribution < 1.29 is 0 Å². The van der Waals surface area contributed by atoms with Crippen molar-refractivity contribution in [3.05, 3.63) is 16.1 Å². The molecule has 3 heteroatoms. The van der Waals surface area contributed by atoms with Gasteiger partial charge in [-0.3, -0.25) is 0 Å². The van der Waals surface area contributed by atoms with Crippen LogP contribution >= 0.6 is 11.3 Å². The highest BCUT2D eigenvalue weighted by atomic mass is 32.1. The number of nitrogens with two attached hydrogens (primary N) is 1. The number of nitrogens with zero attached hydrogens (tertiary/aromatic N) is 1. The van der Waals surface area contributed by atoms with Crippen LogP contribution in [0.1, 0.15) is 37.4 Å². The summed E-state index contributed by atoms with van der Waals surface area (Å²) >= 11 is 1.77. The molecule has 2 rings (SSSR count). The summed E-state index contributed by atoms with van der Waals surface area (Å²) in [5, 5.41) is 3.40. The SMILES string of the molecule is CC(C)Cc1csc(CC2(N)CC2)n1. The number of aromatic nitrogens is 1. The molecule has 0 spiro atoms. The molecule has 1 heterocycles. The fraction of sp³-hybridized carbons (Fsp3) is 0.727. The maximum Gasteiger partial charge on any atom is 0.0946 e. The summed E-state index contributed by atoms with van der Waals surface area (Å²) in [7, 11) is 0. The largest absolute Gasteiger partial charge is 0.325 e. The minimum Gasteiger partial charge on any atom is -0.325 e. The van der Waals surface area contributed by atoms with E-state index < -0.39 is 0 Å². The summed E-state index contributed by atoms with van der Waals surface area (Å²) in [6, 6.07) is 0. The molecule has 0 bridgehead atoms. The Hall–Kier alpha value is -0.410. The van der Waals surface area contributed by atoms with Crippen molar-refractivity contribution in [2.75, 3.05) is 0 Å². The molecule has 1 saturated carbocycles. The van der Waals surface area contributed by atoms with Crippen LogP contribution in [-0.2, 0) is 12.8 Å². The van der Waals surface area contributed by atoms with E-state index in [0.717, 1.165) is 12.8 Å². The molecule has 0 unspecified atom stereocenters. The molecule has 1 aromatic heterocycles. The van der Waals surface area contributed by atoms with E-state index >= 15 is 0 Å². The predicted octanol–water partition coefficient (Wildman–Crippen LogP) is 2.38. The van der Waals surface area contributed by atoms with Crippen molar-refractivity contribution in [2.24, 2.45) is 11.7 Å². The fourth-order valence-corrected chi connectivity index (χ4v) is 2.54. The third-order valence-corrected chi connectivity index (χ3v) is 3.51. The number of thiazole rings is 1. The van der Waals surface area contributed by atoms with Crippen LogP contribution in [0, 0.1) is 5.92 Å². The third-order valence-electron chi connectivity index (χ3n) is 2.61. The highest BCUT2D eigenvalue weighted by Gasteiger charge is 2.38. The summed E-state index contributed by atoms with van der Waals surface area (Å²) < 4.78 is 0. The molecule has 0 atom stereocenters. The van der Waals surface area contributed by atoms with Gasteiger partial charge in [0.2, 0.25) is 0 Å². The average molecular weight is 210 g/mol. The summed E-state index contributed by atoms with van der Waals surface area (Å²) in [5.74, 6) is 0.692. The van der Waals surface area contributed by atoms with Crippen molar-refractivity contribution in [3.8, 4) is 0 Å². The molecular weight excluding hydrogens is 192 g/mol. The first-order chi connectivity index (χ1) is 6.57. The van der Waals surface area contributed by atoms with Crippen LogP contribution in [0.5, 0.6) is 0 Å². The lowest BCUT2D eigenvalue weighted by Gasteiger charge is -2.04. The smallest absolute Gasteiger partial charge is 0.0946 e. The van der Waals surface area contributed by atoms with Crippen molar-refractivity contribution in [1.82, 2.24) is 4.98 Å². The summed E-state index contributed by atoms with van der Waals surface area (Å²) in [6.07, 6.45) is 4.42. The van der Waals surface area contributed by atoms with Crippen LogP contribution < -0.4 is 5.73 Å². The molecule has 0 aliphatic heterocycles. The highest BCUT2D eigenvalue weighted by molar-refractivity contribution is 7.09. The first kappa shape index (κ1) is 10.1. The zero-order valence-corrected chi connectivity index (χ0v) is 9.73. The van der Waals surface area contributed by atoms with E-state index in [9.17, 15) is 0 Å². The van der Waals surface area contributed by atoms with Crippen LogP contribution in [-0.4, -0.2) is 10.5 Å². The first-order valence-corrected chi connectivity index (χ1v) is 6.17. The standard InChI is InChI=1S/C11H18N2S/c1-8(2)5-9-7-14-10(13-9)6-11(12)3-4-11/h7-8H,3-6,12H2,1-2H3. The molecule has 0 saturated heterocycles. The topological polar surface area (TPSA) is 38.9 Å². The van der Waals surface area contributed by atoms with Gasteiger partial charge < -0.3 is 5.73 Å². The molecule has 2 N–H and O–H groups in total. The summed E-state index contributed by atoms with van der Waals surface area (Å²) in [6.45, 7) is 4.45. The van der Waals surface area contributed by atoms with Crippen LogP contribution in [0.4, 0.5) is 0 Å². The van der Waals surface area contributed by atoms with Crippen molar-refractivity contribution in [3.63, 3.8) is 0 Å². The molecule has 0 radical (unpaired) electrons. The van der Waals surface area contributed by atoms with Gasteiger partial charge in [-0.2, -0.15) is 0 Å². The molecule has 2 nitrogen and oxygen atoms in total. The van der Waals surface area contributed by atoms with E-state index in [1.807, 2.05) is 0 Å². The number of hydrogen-bond donors (Lipinski definition) is 1. The van der Waals surface area contributed by atoms with Gasteiger partial charge in [0.05, 0.1) is 10.7 Å². The number of rotatable bonds is 4. The molecule has 78 valence electrons. The Morgan fingerprint density at radius 1 is 1.57 bits per heavy atom. The lowest BCUT2D eigenvalue weighted by Crippen LogP contribution is -2.24. The second-order valence-corrected chi connectivity index (χ2v) is 5.81. The Morgan fingerprint density at radius 3 is 2.86 bits per heavy atom. The predicted molar refractivity (Wildman–Crippen MR) is 60.5 cm³/mol. The normalized spacial score (nSPS) is 18.9. The zero-order chi connectivity index (χ0) is 10.2. The van der Waals surface area contributed by atoms with Gasteiger partial charge in [-0.05, 0) is 25.2 Å². The van der Waals surface area contributed by atoms with Crippen molar-refractivity contribution in [1.29, 1.82) is 0 Å². The second kappa shape index (κ2) is 3.63. The van der Waals surface area contributed by atoms with Gasteiger partial charge in [-0.15, -0.1) is 11.3 Å². The monoisotopic (exact) mass is 210 g/mol. The second-order valence-electron chi connectivity index (χ2n) is 4.87. The lowest BCUT2D eigenvalue weighted by atomic mass is 10.1. The molecule has 1 fully saturated rings. The van der Waals surface area contributed by atoms with Crippen LogP contribution in [0.25, 0.3) is 0 Å². The Morgan fingerprint density at radius 2 is 2.29 bits per heavy atom. The Kier molecular flexibility index (Phi) is 2.62. The Bertz CT molecular complexity index is 313. The van der Waals surface area contributed by atoms with Crippen LogP contribution in [0.15, 0.2) is 5.38 Å². The van der Waals surface area contributed by atoms with Crippen LogP contribution in [0.2, 0.25) is 0 Å². The molecule has 1 aliphatic rings. The van der Waals surface area contributed by atoms with E-state index in [4.69, 9.17) is 5.73 Å². The van der Waals surface area contributed by atoms with Crippen molar-refractivity contribution >= 4 is 11.3 Å². The van der Waals surface area contributed by atoms with Gasteiger partial charge >= 0.3 is 0 Å². The van der Waals surface area contributed by atoms with Gasteiger partial charge in [0, 0.05) is 17.3 Å². The van der Waals surface area contributed by atoms with Crippen molar-refractivity contribution in [2.45, 2.75) is 45.1 Å². The lowest BCUT2D eigenvalue weighted by molar-refractivity contribution is 0.630. The van der Waals surface area contributed by atoms with Crippen LogP contribution in [0.3, 0.4) is 0 Å². The van der Waals surface area contributed by atoms with E-state index in [0.29, 0.717) is 5.92 Å².